The van der Waals surface area contributed by atoms with Crippen LogP contribution in [-0.4, -0.2) is 25.8 Å². The van der Waals surface area contributed by atoms with E-state index in [4.69, 9.17) is 32.7 Å². The number of ether oxygens (including phenoxy) is 2. The Hall–Kier alpha value is -3.09. The summed E-state index contributed by atoms with van der Waals surface area (Å²) in [7, 11) is 1.54. The average Bonchev–Trinajstić information content (AvgIpc) is 2.73. The minimum Gasteiger partial charge on any atom is -0.495 e. The van der Waals surface area contributed by atoms with Gasteiger partial charge < -0.3 is 14.8 Å². The van der Waals surface area contributed by atoms with Crippen molar-refractivity contribution >= 4 is 46.7 Å². The van der Waals surface area contributed by atoms with Crippen molar-refractivity contribution in [2.75, 3.05) is 19.0 Å². The quantitative estimate of drug-likeness (QED) is 0.458. The number of methoxy groups -OCH3 is 1. The van der Waals surface area contributed by atoms with Gasteiger partial charge in [0, 0.05) is 6.21 Å². The van der Waals surface area contributed by atoms with Crippen LogP contribution >= 0.6 is 23.2 Å². The average molecular weight is 447 g/mol. The fourth-order valence-corrected chi connectivity index (χ4v) is 2.99. The molecular formula is C22H17Cl2FN2O3. The lowest BCUT2D eigenvalue weighted by atomic mass is 10.2. The molecule has 0 fully saturated rings. The van der Waals surface area contributed by atoms with E-state index in [1.165, 1.54) is 18.2 Å². The van der Waals surface area contributed by atoms with Crippen LogP contribution in [0.5, 0.6) is 11.5 Å². The minimum atomic E-state index is -0.523. The second-order valence-electron chi connectivity index (χ2n) is 6.08. The molecule has 3 aromatic rings. The number of hydrogen-bond donors (Lipinski definition) is 1. The van der Waals surface area contributed by atoms with E-state index in [1.54, 1.807) is 55.8 Å². The van der Waals surface area contributed by atoms with Gasteiger partial charge in [-0.25, -0.2) is 4.39 Å². The largest absolute Gasteiger partial charge is 0.495 e. The third kappa shape index (κ3) is 5.72. The predicted octanol–water partition coefficient (Wildman–Crippen LogP) is 5.91. The second kappa shape index (κ2) is 10.1. The molecule has 0 aliphatic carbocycles. The van der Waals surface area contributed by atoms with Crippen molar-refractivity contribution in [1.82, 2.24) is 0 Å². The highest BCUT2D eigenvalue weighted by Crippen LogP contribution is 2.29. The molecule has 0 saturated carbocycles. The monoisotopic (exact) mass is 446 g/mol. The number of nitrogens with zero attached hydrogens (tertiary/aromatic N) is 1. The molecule has 30 heavy (non-hydrogen) atoms. The number of hydrogen-bond acceptors (Lipinski definition) is 4. The zero-order chi connectivity index (χ0) is 21.5. The number of carbonyl (C=O) groups is 1. The molecule has 0 aliphatic rings. The summed E-state index contributed by atoms with van der Waals surface area (Å²) in [5, 5.41) is 3.21. The SMILES string of the molecule is COc1ccc(N=Cc2ccc(OCC(=O)Nc3ccccc3F)c(Cl)c2)cc1Cl. The first-order valence-corrected chi connectivity index (χ1v) is 9.56. The van der Waals surface area contributed by atoms with Crippen LogP contribution in [0, 0.1) is 5.82 Å². The van der Waals surface area contributed by atoms with Gasteiger partial charge in [-0.1, -0.05) is 35.3 Å². The van der Waals surface area contributed by atoms with Gasteiger partial charge in [0.1, 0.15) is 17.3 Å². The molecule has 1 amide bonds. The van der Waals surface area contributed by atoms with Crippen LogP contribution in [-0.2, 0) is 4.79 Å². The first-order valence-electron chi connectivity index (χ1n) is 8.80. The van der Waals surface area contributed by atoms with Gasteiger partial charge in [-0.2, -0.15) is 0 Å². The maximum absolute atomic E-state index is 13.6. The molecule has 8 heteroatoms. The van der Waals surface area contributed by atoms with Crippen molar-refractivity contribution < 1.29 is 18.7 Å². The van der Waals surface area contributed by atoms with Crippen LogP contribution in [0.3, 0.4) is 0 Å². The fraction of sp³-hybridized carbons (Fsp3) is 0.0909. The second-order valence-corrected chi connectivity index (χ2v) is 6.90. The lowest BCUT2D eigenvalue weighted by molar-refractivity contribution is -0.118. The van der Waals surface area contributed by atoms with E-state index in [-0.39, 0.29) is 12.3 Å². The fourth-order valence-electron chi connectivity index (χ4n) is 2.49. The molecule has 0 bridgehead atoms. The van der Waals surface area contributed by atoms with E-state index in [1.807, 2.05) is 0 Å². The van der Waals surface area contributed by atoms with Crippen LogP contribution < -0.4 is 14.8 Å². The Kier molecular flexibility index (Phi) is 7.27. The molecule has 0 aliphatic heterocycles. The number of nitrogens with one attached hydrogen (secondary N) is 1. The Morgan fingerprint density at radius 3 is 2.50 bits per heavy atom. The number of aliphatic imine (C=N–C) groups is 1. The molecule has 0 heterocycles. The predicted molar refractivity (Wildman–Crippen MR) is 117 cm³/mol. The summed E-state index contributed by atoms with van der Waals surface area (Å²) in [5.74, 6) is -0.131. The molecule has 0 atom stereocenters. The lowest BCUT2D eigenvalue weighted by Gasteiger charge is -2.09. The van der Waals surface area contributed by atoms with Crippen LogP contribution in [0.4, 0.5) is 15.8 Å². The van der Waals surface area contributed by atoms with Crippen molar-refractivity contribution in [3.05, 3.63) is 82.1 Å². The van der Waals surface area contributed by atoms with Crippen LogP contribution in [0.1, 0.15) is 5.56 Å². The van der Waals surface area contributed by atoms with E-state index in [2.05, 4.69) is 10.3 Å². The molecule has 0 spiro atoms. The summed E-state index contributed by atoms with van der Waals surface area (Å²) in [6.07, 6.45) is 1.62. The van der Waals surface area contributed by atoms with Crippen molar-refractivity contribution in [1.29, 1.82) is 0 Å². The van der Waals surface area contributed by atoms with E-state index in [0.29, 0.717) is 27.2 Å². The normalized spacial score (nSPS) is 10.8. The van der Waals surface area contributed by atoms with Gasteiger partial charge in [-0.05, 0) is 54.1 Å². The van der Waals surface area contributed by atoms with E-state index in [0.717, 1.165) is 5.56 Å². The molecule has 0 saturated heterocycles. The molecule has 0 unspecified atom stereocenters. The van der Waals surface area contributed by atoms with Gasteiger partial charge in [0.2, 0.25) is 0 Å². The van der Waals surface area contributed by atoms with Crippen LogP contribution in [0.25, 0.3) is 0 Å². The zero-order valence-electron chi connectivity index (χ0n) is 15.9. The van der Waals surface area contributed by atoms with E-state index < -0.39 is 11.7 Å². The molecule has 3 aromatic carbocycles. The van der Waals surface area contributed by atoms with Crippen molar-refractivity contribution in [3.8, 4) is 11.5 Å². The van der Waals surface area contributed by atoms with Gasteiger partial charge in [-0.15, -0.1) is 0 Å². The Bertz CT molecular complexity index is 1090. The highest BCUT2D eigenvalue weighted by Gasteiger charge is 2.09. The van der Waals surface area contributed by atoms with Crippen LogP contribution in [0.15, 0.2) is 65.7 Å². The summed E-state index contributed by atoms with van der Waals surface area (Å²) in [6, 6.07) is 16.1. The topological polar surface area (TPSA) is 59.9 Å². The molecular weight excluding hydrogens is 430 g/mol. The van der Waals surface area contributed by atoms with Crippen molar-refractivity contribution in [3.63, 3.8) is 0 Å². The van der Waals surface area contributed by atoms with Crippen molar-refractivity contribution in [2.45, 2.75) is 0 Å². The van der Waals surface area contributed by atoms with E-state index in [9.17, 15) is 9.18 Å². The van der Waals surface area contributed by atoms with E-state index >= 15 is 0 Å². The number of rotatable bonds is 7. The Morgan fingerprint density at radius 2 is 1.80 bits per heavy atom. The van der Waals surface area contributed by atoms with Gasteiger partial charge >= 0.3 is 0 Å². The third-order valence-electron chi connectivity index (χ3n) is 3.96. The third-order valence-corrected chi connectivity index (χ3v) is 4.55. The highest BCUT2D eigenvalue weighted by molar-refractivity contribution is 6.32. The van der Waals surface area contributed by atoms with Gasteiger partial charge in [0.05, 0.1) is 28.5 Å². The molecule has 0 aromatic heterocycles. The minimum absolute atomic E-state index is 0.0855. The number of para-hydroxylation sites is 1. The maximum Gasteiger partial charge on any atom is 0.262 e. The first-order chi connectivity index (χ1) is 14.5. The summed E-state index contributed by atoms with van der Waals surface area (Å²) < 4.78 is 24.1. The Labute approximate surface area is 183 Å². The molecule has 0 radical (unpaired) electrons. The number of anilines is 1. The van der Waals surface area contributed by atoms with Gasteiger partial charge in [0.25, 0.3) is 5.91 Å². The Morgan fingerprint density at radius 1 is 1.07 bits per heavy atom. The maximum atomic E-state index is 13.6. The molecule has 3 rings (SSSR count). The summed E-state index contributed by atoms with van der Waals surface area (Å²) in [5.41, 5.74) is 1.47. The standard InChI is InChI=1S/C22H17Cl2FN2O3/c1-29-20-9-7-15(11-17(20)24)26-12-14-6-8-21(16(23)10-14)30-13-22(28)27-19-5-3-2-4-18(19)25/h2-12H,13H2,1H3,(H,27,28). The Balaban J connectivity index is 1.60. The molecule has 5 nitrogen and oxygen atoms in total. The number of benzene rings is 3. The smallest absolute Gasteiger partial charge is 0.262 e. The number of amides is 1. The van der Waals surface area contributed by atoms with Crippen LogP contribution in [0.2, 0.25) is 10.0 Å². The molecule has 1 N–H and O–H groups in total. The molecule has 154 valence electrons. The lowest BCUT2D eigenvalue weighted by Crippen LogP contribution is -2.20. The van der Waals surface area contributed by atoms with Gasteiger partial charge in [-0.3, -0.25) is 9.79 Å². The number of carbonyl (C=O) groups excluding carboxylic acids is 1. The number of halogens is 3. The van der Waals surface area contributed by atoms with Crippen molar-refractivity contribution in [2.24, 2.45) is 4.99 Å². The first kappa shape index (κ1) is 21.6. The van der Waals surface area contributed by atoms with Gasteiger partial charge in [0.15, 0.2) is 6.61 Å². The zero-order valence-corrected chi connectivity index (χ0v) is 17.4. The summed E-state index contributed by atoms with van der Waals surface area (Å²) in [6.45, 7) is -0.314. The summed E-state index contributed by atoms with van der Waals surface area (Å²) in [4.78, 5) is 16.3. The highest BCUT2D eigenvalue weighted by atomic mass is 35.5. The summed E-state index contributed by atoms with van der Waals surface area (Å²) >= 11 is 12.3.